The molecular weight excluding hydrogens is 468 g/mol. The number of aromatic nitrogens is 2. The number of fused-ring (bicyclic) bond motifs is 4. The first kappa shape index (κ1) is 22.0. The molecule has 1 unspecified atom stereocenters. The minimum atomic E-state index is -0.858. The second kappa shape index (κ2) is 8.92. The lowest BCUT2D eigenvalue weighted by Crippen LogP contribution is -2.46. The Morgan fingerprint density at radius 3 is 2.77 bits per heavy atom. The number of halogens is 1. The van der Waals surface area contributed by atoms with Crippen LogP contribution in [0.4, 0.5) is 0 Å². The summed E-state index contributed by atoms with van der Waals surface area (Å²) in [6, 6.07) is 9.96. The van der Waals surface area contributed by atoms with Gasteiger partial charge in [0.2, 0.25) is 12.7 Å². The van der Waals surface area contributed by atoms with Gasteiger partial charge in [-0.15, -0.1) is 0 Å². The van der Waals surface area contributed by atoms with Crippen LogP contribution in [0.1, 0.15) is 59.8 Å². The van der Waals surface area contributed by atoms with E-state index in [2.05, 4.69) is 10.3 Å². The van der Waals surface area contributed by atoms with Crippen molar-refractivity contribution in [2.45, 2.75) is 50.7 Å². The Kier molecular flexibility index (Phi) is 5.60. The number of carbonyl (C=O) groups excluding carboxylic acids is 2. The molecule has 3 aromatic rings. The molecule has 3 aliphatic rings. The van der Waals surface area contributed by atoms with Crippen LogP contribution in [-0.2, 0) is 11.3 Å². The van der Waals surface area contributed by atoms with Gasteiger partial charge in [-0.1, -0.05) is 36.9 Å². The molecule has 1 aliphatic carbocycles. The van der Waals surface area contributed by atoms with Crippen molar-refractivity contribution in [2.75, 3.05) is 6.79 Å². The highest BCUT2D eigenvalue weighted by molar-refractivity contribution is 6.31. The van der Waals surface area contributed by atoms with Crippen molar-refractivity contribution in [3.8, 4) is 17.2 Å². The highest BCUT2D eigenvalue weighted by Crippen LogP contribution is 2.37. The zero-order valence-electron chi connectivity index (χ0n) is 19.1. The maximum absolute atomic E-state index is 14.0. The van der Waals surface area contributed by atoms with Gasteiger partial charge in [-0.25, -0.2) is 4.98 Å². The van der Waals surface area contributed by atoms with Gasteiger partial charge in [0.05, 0.1) is 29.5 Å². The Bertz CT molecular complexity index is 1300. The van der Waals surface area contributed by atoms with E-state index < -0.39 is 6.04 Å². The summed E-state index contributed by atoms with van der Waals surface area (Å²) >= 11 is 6.30. The summed E-state index contributed by atoms with van der Waals surface area (Å²) in [4.78, 5) is 33.7. The zero-order valence-corrected chi connectivity index (χ0v) is 19.8. The van der Waals surface area contributed by atoms with Crippen molar-refractivity contribution in [1.29, 1.82) is 0 Å². The number of ether oxygens (including phenoxy) is 2. The van der Waals surface area contributed by atoms with Crippen LogP contribution in [0.25, 0.3) is 5.69 Å². The summed E-state index contributed by atoms with van der Waals surface area (Å²) in [5.41, 5.74) is 2.52. The second-order valence-electron chi connectivity index (χ2n) is 9.22. The molecule has 0 radical (unpaired) electrons. The van der Waals surface area contributed by atoms with Crippen LogP contribution >= 0.6 is 11.6 Å². The van der Waals surface area contributed by atoms with Crippen molar-refractivity contribution in [2.24, 2.45) is 0 Å². The number of hydrogen-bond donors (Lipinski definition) is 1. The summed E-state index contributed by atoms with van der Waals surface area (Å²) in [5.74, 6) is 0.847. The van der Waals surface area contributed by atoms with Crippen LogP contribution in [0.15, 0.2) is 48.9 Å². The smallest absolute Gasteiger partial charge is 0.257 e. The first-order valence-corrected chi connectivity index (χ1v) is 12.3. The molecule has 1 atom stereocenters. The van der Waals surface area contributed by atoms with Gasteiger partial charge in [-0.2, -0.15) is 0 Å². The third-order valence-corrected chi connectivity index (χ3v) is 7.19. The third-order valence-electron chi connectivity index (χ3n) is 6.96. The Balaban J connectivity index is 1.43. The van der Waals surface area contributed by atoms with Crippen LogP contribution in [0, 0.1) is 0 Å². The predicted molar refractivity (Wildman–Crippen MR) is 129 cm³/mol. The molecule has 0 saturated heterocycles. The largest absolute Gasteiger partial charge is 0.454 e. The van der Waals surface area contributed by atoms with Crippen LogP contribution in [-0.4, -0.2) is 39.1 Å². The minimum absolute atomic E-state index is 0.107. The molecule has 2 aliphatic heterocycles. The number of carbonyl (C=O) groups is 2. The quantitative estimate of drug-likeness (QED) is 0.583. The lowest BCUT2D eigenvalue weighted by atomic mass is 9.95. The van der Waals surface area contributed by atoms with Gasteiger partial charge in [0.1, 0.15) is 0 Å². The fourth-order valence-corrected chi connectivity index (χ4v) is 5.39. The molecule has 2 amide bonds. The van der Waals surface area contributed by atoms with Gasteiger partial charge < -0.3 is 19.7 Å². The van der Waals surface area contributed by atoms with E-state index in [1.54, 1.807) is 40.2 Å². The molecule has 35 heavy (non-hydrogen) atoms. The molecule has 9 heteroatoms. The Morgan fingerprint density at radius 2 is 1.91 bits per heavy atom. The molecule has 1 fully saturated rings. The van der Waals surface area contributed by atoms with Gasteiger partial charge in [0.15, 0.2) is 17.5 Å². The van der Waals surface area contributed by atoms with Crippen molar-refractivity contribution in [1.82, 2.24) is 19.8 Å². The normalized spacial score (nSPS) is 19.2. The molecule has 180 valence electrons. The van der Waals surface area contributed by atoms with Crippen molar-refractivity contribution >= 4 is 23.4 Å². The number of nitrogens with one attached hydrogen (secondary N) is 1. The molecule has 8 nitrogen and oxygen atoms in total. The van der Waals surface area contributed by atoms with Crippen LogP contribution in [0.3, 0.4) is 0 Å². The summed E-state index contributed by atoms with van der Waals surface area (Å²) in [6.45, 7) is 0.382. The molecule has 2 aromatic carbocycles. The average molecular weight is 493 g/mol. The minimum Gasteiger partial charge on any atom is -0.454 e. The maximum Gasteiger partial charge on any atom is 0.257 e. The van der Waals surface area contributed by atoms with Gasteiger partial charge >= 0.3 is 0 Å². The van der Waals surface area contributed by atoms with E-state index >= 15 is 0 Å². The number of rotatable bonds is 4. The number of amides is 2. The Morgan fingerprint density at radius 1 is 1.09 bits per heavy atom. The van der Waals surface area contributed by atoms with E-state index in [4.69, 9.17) is 21.1 Å². The van der Waals surface area contributed by atoms with Crippen LogP contribution < -0.4 is 14.8 Å². The summed E-state index contributed by atoms with van der Waals surface area (Å²) in [7, 11) is 0. The van der Waals surface area contributed by atoms with Gasteiger partial charge in [0.25, 0.3) is 5.91 Å². The molecule has 0 bridgehead atoms. The third kappa shape index (κ3) is 4.01. The SMILES string of the molecule is O=C(NC1CCCCC1)C1c2cncn2-c2cc(Cl)ccc2C(=O)N1Cc1ccc2c(c1)OCO2. The van der Waals surface area contributed by atoms with E-state index in [0.29, 0.717) is 33.5 Å². The van der Waals surface area contributed by atoms with E-state index in [-0.39, 0.29) is 31.2 Å². The molecular formula is C26H25ClN4O4. The van der Waals surface area contributed by atoms with E-state index in [1.807, 2.05) is 18.2 Å². The Labute approximate surface area is 207 Å². The average Bonchev–Trinajstić information content (AvgIpc) is 3.51. The van der Waals surface area contributed by atoms with Gasteiger partial charge in [-0.3, -0.25) is 14.2 Å². The van der Waals surface area contributed by atoms with Crippen molar-refractivity contribution in [3.05, 3.63) is 70.8 Å². The molecule has 6 rings (SSSR count). The van der Waals surface area contributed by atoms with E-state index in [9.17, 15) is 9.59 Å². The lowest BCUT2D eigenvalue weighted by Gasteiger charge is -2.32. The summed E-state index contributed by atoms with van der Waals surface area (Å²) in [5, 5.41) is 3.72. The molecule has 1 aromatic heterocycles. The highest BCUT2D eigenvalue weighted by atomic mass is 35.5. The van der Waals surface area contributed by atoms with Crippen LogP contribution in [0.2, 0.25) is 5.02 Å². The topological polar surface area (TPSA) is 85.7 Å². The number of imidazole rings is 1. The number of hydrogen-bond acceptors (Lipinski definition) is 5. The van der Waals surface area contributed by atoms with Gasteiger partial charge in [0, 0.05) is 17.6 Å². The molecule has 0 spiro atoms. The molecule has 1 N–H and O–H groups in total. The summed E-state index contributed by atoms with van der Waals surface area (Å²) < 4.78 is 12.8. The van der Waals surface area contributed by atoms with E-state index in [0.717, 1.165) is 31.2 Å². The zero-order chi connectivity index (χ0) is 23.9. The fourth-order valence-electron chi connectivity index (χ4n) is 5.23. The second-order valence-corrected chi connectivity index (χ2v) is 9.65. The standard InChI is InChI=1S/C26H25ClN4O4/c27-17-7-8-19-20(11-17)31-14-28-12-21(31)24(25(32)29-18-4-2-1-3-5-18)30(26(19)33)13-16-6-9-22-23(10-16)35-15-34-22/h6-12,14,18,24H,1-5,13,15H2,(H,29,32). The van der Waals surface area contributed by atoms with E-state index in [1.165, 1.54) is 6.42 Å². The van der Waals surface area contributed by atoms with Crippen molar-refractivity contribution in [3.63, 3.8) is 0 Å². The first-order chi connectivity index (χ1) is 17.1. The Hall–Kier alpha value is -3.52. The fraction of sp³-hybridized carbons (Fsp3) is 0.346. The predicted octanol–water partition coefficient (Wildman–Crippen LogP) is 4.40. The number of benzene rings is 2. The monoisotopic (exact) mass is 492 g/mol. The first-order valence-electron chi connectivity index (χ1n) is 11.9. The maximum atomic E-state index is 14.0. The van der Waals surface area contributed by atoms with Crippen molar-refractivity contribution < 1.29 is 19.1 Å². The highest BCUT2D eigenvalue weighted by Gasteiger charge is 2.39. The molecule has 3 heterocycles. The van der Waals surface area contributed by atoms with Gasteiger partial charge in [-0.05, 0) is 48.7 Å². The van der Waals surface area contributed by atoms with Crippen LogP contribution in [0.5, 0.6) is 11.5 Å². The summed E-state index contributed by atoms with van der Waals surface area (Å²) in [6.07, 6.45) is 8.55. The molecule has 1 saturated carbocycles. The lowest BCUT2D eigenvalue weighted by molar-refractivity contribution is -0.127. The number of nitrogens with zero attached hydrogens (tertiary/aromatic N) is 3.